The van der Waals surface area contributed by atoms with Crippen LogP contribution in [0, 0.1) is 6.92 Å². The van der Waals surface area contributed by atoms with Crippen LogP contribution in [0.2, 0.25) is 0 Å². The third kappa shape index (κ3) is 3.94. The summed E-state index contributed by atoms with van der Waals surface area (Å²) in [6.07, 6.45) is 4.56. The van der Waals surface area contributed by atoms with Gasteiger partial charge in [-0.1, -0.05) is 24.2 Å². The molecule has 2 heterocycles. The van der Waals surface area contributed by atoms with Crippen molar-refractivity contribution in [1.82, 2.24) is 9.46 Å². The number of rotatable bonds is 6. The van der Waals surface area contributed by atoms with Crippen LogP contribution in [0.5, 0.6) is 0 Å². The largest absolute Gasteiger partial charge is 0.377 e. The van der Waals surface area contributed by atoms with Crippen molar-refractivity contribution in [2.75, 3.05) is 19.7 Å². The average molecular weight is 364 g/mol. The molecule has 1 atom stereocenters. The first kappa shape index (κ1) is 18.1. The lowest BCUT2D eigenvalue weighted by Gasteiger charge is -2.29. The normalized spacial score (nSPS) is 18.6. The summed E-state index contributed by atoms with van der Waals surface area (Å²) < 4.78 is 38.8. The molecule has 1 aromatic carbocycles. The molecule has 0 N–H and O–H groups in total. The number of nitrogens with zero attached hydrogens (tertiary/aromatic N) is 2. The van der Waals surface area contributed by atoms with E-state index in [4.69, 9.17) is 9.26 Å². The second-order valence-corrected chi connectivity index (χ2v) is 8.21. The fourth-order valence-corrected chi connectivity index (χ4v) is 4.84. The Bertz CT molecular complexity index is 796. The fraction of sp³-hybridized carbons (Fsp3) is 0.500. The molecule has 0 saturated carbocycles. The Hall–Kier alpha value is -1.70. The van der Waals surface area contributed by atoms with Crippen LogP contribution < -0.4 is 0 Å². The van der Waals surface area contributed by atoms with E-state index in [1.807, 2.05) is 19.9 Å². The van der Waals surface area contributed by atoms with Gasteiger partial charge in [-0.3, -0.25) is 0 Å². The van der Waals surface area contributed by atoms with Gasteiger partial charge in [-0.2, -0.15) is 4.31 Å². The zero-order valence-corrected chi connectivity index (χ0v) is 15.5. The van der Waals surface area contributed by atoms with Gasteiger partial charge in [0.25, 0.3) is 0 Å². The molecule has 3 rings (SSSR count). The molecule has 0 radical (unpaired) electrons. The van der Waals surface area contributed by atoms with Crippen LogP contribution in [0.1, 0.15) is 31.7 Å². The first-order chi connectivity index (χ1) is 12.0. The number of ether oxygens (including phenoxy) is 1. The molecular weight excluding hydrogens is 340 g/mol. The van der Waals surface area contributed by atoms with Gasteiger partial charge in [0.05, 0.1) is 17.2 Å². The van der Waals surface area contributed by atoms with E-state index in [2.05, 4.69) is 5.16 Å². The van der Waals surface area contributed by atoms with Crippen LogP contribution in [0.3, 0.4) is 0 Å². The number of hydrogen-bond donors (Lipinski definition) is 0. The second kappa shape index (κ2) is 7.68. The molecule has 0 bridgehead atoms. The SMILES string of the molecule is CCN(CC1CCCCO1)S(=O)(=O)c1cc(-c2ccno2)ccc1C. The number of aryl methyl sites for hydroxylation is 1. The van der Waals surface area contributed by atoms with Gasteiger partial charge in [-0.05, 0) is 37.8 Å². The smallest absolute Gasteiger partial charge is 0.243 e. The molecule has 1 saturated heterocycles. The fourth-order valence-electron chi connectivity index (χ4n) is 3.11. The molecule has 136 valence electrons. The van der Waals surface area contributed by atoms with Crippen LogP contribution in [0.25, 0.3) is 11.3 Å². The molecular formula is C18H24N2O4S. The summed E-state index contributed by atoms with van der Waals surface area (Å²) in [6, 6.07) is 7.02. The number of hydrogen-bond acceptors (Lipinski definition) is 5. The zero-order valence-electron chi connectivity index (χ0n) is 14.6. The summed E-state index contributed by atoms with van der Waals surface area (Å²) in [5.74, 6) is 0.551. The predicted octanol–water partition coefficient (Wildman–Crippen LogP) is 3.23. The van der Waals surface area contributed by atoms with E-state index in [1.165, 1.54) is 4.31 Å². The summed E-state index contributed by atoms with van der Waals surface area (Å²) in [6.45, 7) is 5.18. The third-order valence-corrected chi connectivity index (χ3v) is 6.65. The highest BCUT2D eigenvalue weighted by Gasteiger charge is 2.29. The Balaban J connectivity index is 1.90. The van der Waals surface area contributed by atoms with Gasteiger partial charge in [0.2, 0.25) is 10.0 Å². The summed E-state index contributed by atoms with van der Waals surface area (Å²) in [5.41, 5.74) is 1.41. The van der Waals surface area contributed by atoms with E-state index in [0.717, 1.165) is 19.3 Å². The van der Waals surface area contributed by atoms with Crippen molar-refractivity contribution in [3.63, 3.8) is 0 Å². The number of benzene rings is 1. The molecule has 0 spiro atoms. The minimum absolute atomic E-state index is 0.0266. The Labute approximate surface area is 148 Å². The molecule has 0 aliphatic carbocycles. The summed E-state index contributed by atoms with van der Waals surface area (Å²) in [5, 5.41) is 3.69. The van der Waals surface area contributed by atoms with Gasteiger partial charge >= 0.3 is 0 Å². The minimum Gasteiger partial charge on any atom is -0.377 e. The highest BCUT2D eigenvalue weighted by molar-refractivity contribution is 7.89. The quantitative estimate of drug-likeness (QED) is 0.787. The first-order valence-electron chi connectivity index (χ1n) is 8.66. The number of aromatic nitrogens is 1. The molecule has 2 aromatic rings. The third-order valence-electron chi connectivity index (χ3n) is 4.56. The monoisotopic (exact) mass is 364 g/mol. The lowest BCUT2D eigenvalue weighted by Crippen LogP contribution is -2.39. The molecule has 1 aliphatic rings. The maximum absolute atomic E-state index is 13.2. The van der Waals surface area contributed by atoms with Gasteiger partial charge < -0.3 is 9.26 Å². The van der Waals surface area contributed by atoms with Crippen molar-refractivity contribution in [1.29, 1.82) is 0 Å². The molecule has 1 unspecified atom stereocenters. The molecule has 1 fully saturated rings. The van der Waals surface area contributed by atoms with E-state index in [-0.39, 0.29) is 6.10 Å². The standard InChI is InChI=1S/C18H24N2O4S/c1-3-20(13-16-6-4-5-11-23-16)25(21,22)18-12-15(8-7-14(18)2)17-9-10-19-24-17/h7-10,12,16H,3-6,11,13H2,1-2H3. The van der Waals surface area contributed by atoms with Crippen molar-refractivity contribution in [3.05, 3.63) is 36.0 Å². The van der Waals surface area contributed by atoms with E-state index in [0.29, 0.717) is 41.5 Å². The van der Waals surface area contributed by atoms with E-state index < -0.39 is 10.0 Å². The molecule has 25 heavy (non-hydrogen) atoms. The first-order valence-corrected chi connectivity index (χ1v) is 10.1. The van der Waals surface area contributed by atoms with Crippen molar-refractivity contribution in [3.8, 4) is 11.3 Å². The highest BCUT2D eigenvalue weighted by atomic mass is 32.2. The average Bonchev–Trinajstić information content (AvgIpc) is 3.15. The summed E-state index contributed by atoms with van der Waals surface area (Å²) >= 11 is 0. The van der Waals surface area contributed by atoms with Crippen molar-refractivity contribution < 1.29 is 17.7 Å². The molecule has 1 aromatic heterocycles. The molecule has 6 nitrogen and oxygen atoms in total. The Morgan fingerprint density at radius 1 is 1.28 bits per heavy atom. The van der Waals surface area contributed by atoms with Gasteiger partial charge in [0.15, 0.2) is 5.76 Å². The van der Waals surface area contributed by atoms with Crippen molar-refractivity contribution in [2.45, 2.75) is 44.1 Å². The van der Waals surface area contributed by atoms with Gasteiger partial charge in [-0.15, -0.1) is 0 Å². The second-order valence-electron chi connectivity index (χ2n) is 6.30. The van der Waals surface area contributed by atoms with Crippen LogP contribution in [0.15, 0.2) is 39.9 Å². The van der Waals surface area contributed by atoms with Crippen molar-refractivity contribution >= 4 is 10.0 Å². The molecule has 1 aliphatic heterocycles. The zero-order chi connectivity index (χ0) is 17.9. The van der Waals surface area contributed by atoms with Crippen LogP contribution in [-0.4, -0.2) is 43.7 Å². The molecule has 0 amide bonds. The Kier molecular flexibility index (Phi) is 5.56. The minimum atomic E-state index is -3.60. The summed E-state index contributed by atoms with van der Waals surface area (Å²) in [4.78, 5) is 0.305. The lowest BCUT2D eigenvalue weighted by atomic mass is 10.1. The van der Waals surface area contributed by atoms with Crippen LogP contribution in [-0.2, 0) is 14.8 Å². The number of likely N-dealkylation sites (N-methyl/N-ethyl adjacent to an activating group) is 1. The topological polar surface area (TPSA) is 72.6 Å². The van der Waals surface area contributed by atoms with E-state index in [9.17, 15) is 8.42 Å². The maximum atomic E-state index is 13.2. The number of sulfonamides is 1. The van der Waals surface area contributed by atoms with Gasteiger partial charge in [0.1, 0.15) is 0 Å². The van der Waals surface area contributed by atoms with Crippen molar-refractivity contribution in [2.24, 2.45) is 0 Å². The van der Waals surface area contributed by atoms with Crippen LogP contribution in [0.4, 0.5) is 0 Å². The predicted molar refractivity (Wildman–Crippen MR) is 94.7 cm³/mol. The van der Waals surface area contributed by atoms with Crippen LogP contribution >= 0.6 is 0 Å². The van der Waals surface area contributed by atoms with Gasteiger partial charge in [-0.25, -0.2) is 8.42 Å². The summed E-state index contributed by atoms with van der Waals surface area (Å²) in [7, 11) is -3.60. The van der Waals surface area contributed by atoms with E-state index >= 15 is 0 Å². The lowest BCUT2D eigenvalue weighted by molar-refractivity contribution is 0.00670. The maximum Gasteiger partial charge on any atom is 0.243 e. The van der Waals surface area contributed by atoms with Gasteiger partial charge in [0, 0.05) is 31.3 Å². The van der Waals surface area contributed by atoms with E-state index in [1.54, 1.807) is 24.4 Å². The molecule has 7 heteroatoms. The Morgan fingerprint density at radius 2 is 2.12 bits per heavy atom. The highest BCUT2D eigenvalue weighted by Crippen LogP contribution is 2.27. The Morgan fingerprint density at radius 3 is 2.76 bits per heavy atom.